The first-order valence-electron chi connectivity index (χ1n) is 12.1. The van der Waals surface area contributed by atoms with Crippen LogP contribution in [0.2, 0.25) is 5.02 Å². The zero-order valence-corrected chi connectivity index (χ0v) is 21.3. The number of halogens is 1. The largest absolute Gasteiger partial charge is 0.507 e. The molecule has 5 nitrogen and oxygen atoms in total. The van der Waals surface area contributed by atoms with Crippen molar-refractivity contribution in [3.8, 4) is 5.75 Å². The summed E-state index contributed by atoms with van der Waals surface area (Å²) in [6.07, 6.45) is 0. The second-order valence-corrected chi connectivity index (χ2v) is 9.88. The van der Waals surface area contributed by atoms with E-state index in [0.29, 0.717) is 34.5 Å². The minimum absolute atomic E-state index is 0.0344. The summed E-state index contributed by atoms with van der Waals surface area (Å²) in [7, 11) is 0. The first-order chi connectivity index (χ1) is 17.8. The van der Waals surface area contributed by atoms with E-state index in [4.69, 9.17) is 16.3 Å². The van der Waals surface area contributed by atoms with Crippen LogP contribution in [-0.4, -0.2) is 23.4 Å². The highest BCUT2D eigenvalue weighted by Crippen LogP contribution is 2.44. The summed E-state index contributed by atoms with van der Waals surface area (Å²) in [6.45, 7) is 4.69. The lowest BCUT2D eigenvalue weighted by atomic mass is 9.91. The highest BCUT2D eigenvalue weighted by Gasteiger charge is 2.47. The number of aliphatic hydroxyl groups excluding tert-OH is 1. The quantitative estimate of drug-likeness (QED) is 0.169. The number of aliphatic hydroxyl groups is 1. The Morgan fingerprint density at radius 2 is 1.59 bits per heavy atom. The number of ketones is 1. The molecule has 37 heavy (non-hydrogen) atoms. The number of hydrogen-bond donors (Lipinski definition) is 1. The molecule has 4 aromatic carbocycles. The summed E-state index contributed by atoms with van der Waals surface area (Å²) in [5, 5.41) is 13.8. The van der Waals surface area contributed by atoms with Gasteiger partial charge in [-0.05, 0) is 70.8 Å². The van der Waals surface area contributed by atoms with Crippen LogP contribution in [0.1, 0.15) is 31.0 Å². The second kappa shape index (κ2) is 10.1. The number of benzene rings is 4. The number of carbonyl (C=O) groups excluding carboxylic acids is 2. The van der Waals surface area contributed by atoms with Crippen molar-refractivity contribution < 1.29 is 19.4 Å². The first-order valence-corrected chi connectivity index (χ1v) is 12.5. The number of amides is 1. The lowest BCUT2D eigenvalue weighted by molar-refractivity contribution is -0.132. The zero-order valence-electron chi connectivity index (χ0n) is 20.5. The van der Waals surface area contributed by atoms with E-state index in [1.165, 1.54) is 4.90 Å². The lowest BCUT2D eigenvalue weighted by Crippen LogP contribution is -2.29. The maximum absolute atomic E-state index is 13.5. The van der Waals surface area contributed by atoms with Crippen LogP contribution < -0.4 is 9.64 Å². The number of fused-ring (bicyclic) bond motifs is 1. The standard InChI is InChI=1S/C31H26ClNO4/c1-19(2)18-37-24-16-10-21(11-17-24)29(34)27-28(26-9-5-7-20-6-3-4-8-25(20)26)33(31(36)30(27)35)23-14-12-22(32)13-15-23/h3-17,19,28,34H,18H2,1-2H3/b29-27-. The topological polar surface area (TPSA) is 66.8 Å². The highest BCUT2D eigenvalue weighted by molar-refractivity contribution is 6.52. The van der Waals surface area contributed by atoms with Crippen LogP contribution in [0.5, 0.6) is 5.75 Å². The number of nitrogens with zero attached hydrogens (tertiary/aromatic N) is 1. The van der Waals surface area contributed by atoms with Gasteiger partial charge >= 0.3 is 0 Å². The van der Waals surface area contributed by atoms with E-state index in [-0.39, 0.29) is 11.3 Å². The van der Waals surface area contributed by atoms with Gasteiger partial charge in [0.15, 0.2) is 0 Å². The van der Waals surface area contributed by atoms with Crippen LogP contribution in [0, 0.1) is 5.92 Å². The van der Waals surface area contributed by atoms with Crippen LogP contribution >= 0.6 is 11.6 Å². The van der Waals surface area contributed by atoms with Gasteiger partial charge in [0.25, 0.3) is 11.7 Å². The van der Waals surface area contributed by atoms with E-state index in [1.807, 2.05) is 42.5 Å². The molecule has 0 bridgehead atoms. The molecule has 5 rings (SSSR count). The summed E-state index contributed by atoms with van der Waals surface area (Å²) < 4.78 is 5.75. The van der Waals surface area contributed by atoms with Gasteiger partial charge in [-0.15, -0.1) is 0 Å². The summed E-state index contributed by atoms with van der Waals surface area (Å²) >= 11 is 6.10. The van der Waals surface area contributed by atoms with Gasteiger partial charge in [-0.25, -0.2) is 0 Å². The fourth-order valence-electron chi connectivity index (χ4n) is 4.61. The molecular weight excluding hydrogens is 486 g/mol. The average Bonchev–Trinajstić information content (AvgIpc) is 3.17. The smallest absolute Gasteiger partial charge is 0.300 e. The number of ether oxygens (including phenoxy) is 1. The molecule has 1 N–H and O–H groups in total. The monoisotopic (exact) mass is 511 g/mol. The molecule has 0 aromatic heterocycles. The van der Waals surface area contributed by atoms with Crippen molar-refractivity contribution in [1.29, 1.82) is 0 Å². The SMILES string of the molecule is CC(C)COc1ccc(/C(O)=C2/C(=O)C(=O)N(c3ccc(Cl)cc3)C2c2cccc3ccccc23)cc1. The summed E-state index contributed by atoms with van der Waals surface area (Å²) in [5.41, 5.74) is 1.72. The molecule has 1 unspecified atom stereocenters. The Morgan fingerprint density at radius 3 is 2.30 bits per heavy atom. The zero-order chi connectivity index (χ0) is 26.1. The molecule has 1 amide bonds. The third-order valence-corrected chi connectivity index (χ3v) is 6.63. The predicted molar refractivity (Wildman–Crippen MR) is 147 cm³/mol. The Bertz CT molecular complexity index is 1500. The van der Waals surface area contributed by atoms with Gasteiger partial charge < -0.3 is 9.84 Å². The van der Waals surface area contributed by atoms with E-state index in [2.05, 4.69) is 13.8 Å². The normalized spacial score (nSPS) is 17.1. The molecule has 0 saturated carbocycles. The molecule has 0 aliphatic carbocycles. The number of carbonyl (C=O) groups is 2. The van der Waals surface area contributed by atoms with Crippen LogP contribution in [0.25, 0.3) is 16.5 Å². The highest BCUT2D eigenvalue weighted by atomic mass is 35.5. The molecule has 1 aliphatic heterocycles. The Balaban J connectivity index is 1.68. The minimum Gasteiger partial charge on any atom is -0.507 e. The minimum atomic E-state index is -0.829. The van der Waals surface area contributed by atoms with Gasteiger partial charge in [-0.1, -0.05) is 67.9 Å². The van der Waals surface area contributed by atoms with Gasteiger partial charge in [0.2, 0.25) is 0 Å². The molecule has 1 aliphatic rings. The van der Waals surface area contributed by atoms with Gasteiger partial charge in [0, 0.05) is 16.3 Å². The number of anilines is 1. The van der Waals surface area contributed by atoms with Crippen molar-refractivity contribution in [2.45, 2.75) is 19.9 Å². The molecule has 0 radical (unpaired) electrons. The third kappa shape index (κ3) is 4.70. The molecule has 186 valence electrons. The second-order valence-electron chi connectivity index (χ2n) is 9.44. The maximum Gasteiger partial charge on any atom is 0.300 e. The number of hydrogen-bond acceptors (Lipinski definition) is 4. The third-order valence-electron chi connectivity index (χ3n) is 6.38. The van der Waals surface area contributed by atoms with Gasteiger partial charge in [0.05, 0.1) is 18.2 Å². The fraction of sp³-hybridized carbons (Fsp3) is 0.161. The van der Waals surface area contributed by atoms with Crippen LogP contribution in [0.15, 0.2) is 96.6 Å². The Hall–Kier alpha value is -4.09. The molecule has 4 aromatic rings. The molecule has 6 heteroatoms. The van der Waals surface area contributed by atoms with Crippen molar-refractivity contribution >= 4 is 45.5 Å². The van der Waals surface area contributed by atoms with E-state index in [0.717, 1.165) is 16.3 Å². The predicted octanol–water partition coefficient (Wildman–Crippen LogP) is 7.15. The molecule has 1 heterocycles. The summed E-state index contributed by atoms with van der Waals surface area (Å²) in [5.74, 6) is -0.650. The maximum atomic E-state index is 13.5. The molecule has 1 atom stereocenters. The molecule has 0 spiro atoms. The molecule has 1 fully saturated rings. The van der Waals surface area contributed by atoms with Crippen molar-refractivity contribution in [2.75, 3.05) is 11.5 Å². The first kappa shape index (κ1) is 24.6. The summed E-state index contributed by atoms with van der Waals surface area (Å²) in [4.78, 5) is 28.3. The van der Waals surface area contributed by atoms with E-state index in [9.17, 15) is 14.7 Å². The van der Waals surface area contributed by atoms with Crippen molar-refractivity contribution in [3.63, 3.8) is 0 Å². The van der Waals surface area contributed by atoms with Gasteiger partial charge in [-0.3, -0.25) is 14.5 Å². The van der Waals surface area contributed by atoms with Crippen molar-refractivity contribution in [2.24, 2.45) is 5.92 Å². The van der Waals surface area contributed by atoms with E-state index < -0.39 is 17.7 Å². The van der Waals surface area contributed by atoms with E-state index in [1.54, 1.807) is 48.5 Å². The number of Topliss-reactive ketones (excluding diaryl/α,β-unsaturated/α-hetero) is 1. The van der Waals surface area contributed by atoms with Crippen molar-refractivity contribution in [1.82, 2.24) is 0 Å². The van der Waals surface area contributed by atoms with Crippen LogP contribution in [0.3, 0.4) is 0 Å². The molecular formula is C31H26ClNO4. The summed E-state index contributed by atoms with van der Waals surface area (Å²) in [6, 6.07) is 26.3. The van der Waals surface area contributed by atoms with Crippen molar-refractivity contribution in [3.05, 3.63) is 113 Å². The Kier molecular flexibility index (Phi) is 6.72. The van der Waals surface area contributed by atoms with E-state index >= 15 is 0 Å². The van der Waals surface area contributed by atoms with Gasteiger partial charge in [0.1, 0.15) is 11.5 Å². The van der Waals surface area contributed by atoms with Crippen LogP contribution in [-0.2, 0) is 9.59 Å². The number of rotatable bonds is 6. The average molecular weight is 512 g/mol. The van der Waals surface area contributed by atoms with Gasteiger partial charge in [-0.2, -0.15) is 0 Å². The Morgan fingerprint density at radius 1 is 0.919 bits per heavy atom. The van der Waals surface area contributed by atoms with Crippen LogP contribution in [0.4, 0.5) is 5.69 Å². The Labute approximate surface area is 220 Å². The molecule has 1 saturated heterocycles. The fourth-order valence-corrected chi connectivity index (χ4v) is 4.74. The lowest BCUT2D eigenvalue weighted by Gasteiger charge is -2.26.